The van der Waals surface area contributed by atoms with Crippen LogP contribution >= 0.6 is 0 Å². The molecule has 6 nitrogen and oxygen atoms in total. The molecule has 0 heterocycles. The smallest absolute Gasteiger partial charge is 0.137 e. The van der Waals surface area contributed by atoms with Crippen LogP contribution in [0.15, 0.2) is 91.0 Å². The Morgan fingerprint density at radius 2 is 1.03 bits per heavy atom. The van der Waals surface area contributed by atoms with Crippen LogP contribution in [0, 0.1) is 0 Å². The van der Waals surface area contributed by atoms with Crippen molar-refractivity contribution in [2.45, 2.75) is 18.9 Å². The quantitative estimate of drug-likeness (QED) is 0.371. The van der Waals surface area contributed by atoms with E-state index in [1.54, 1.807) is 48.5 Å². The van der Waals surface area contributed by atoms with Crippen molar-refractivity contribution in [1.82, 2.24) is 0 Å². The Morgan fingerprint density at radius 3 is 1.29 bits per heavy atom. The maximum Gasteiger partial charge on any atom is 0.137 e. The number of rotatable bonds is 7. The van der Waals surface area contributed by atoms with Gasteiger partial charge in [-0.1, -0.05) is 91.0 Å². The predicted molar refractivity (Wildman–Crippen MR) is 125 cm³/mol. The predicted octanol–water partition coefficient (Wildman–Crippen LogP) is -1.61. The number of aliphatic hydroxyl groups is 1. The molecular formula is C27H32BrNO5-2. The fourth-order valence-electron chi connectivity index (χ4n) is 3.00. The number of benzene rings is 3. The monoisotopic (exact) mass is 529 g/mol. The maximum absolute atomic E-state index is 10.1. The molecule has 0 saturated carbocycles. The number of likely N-dealkylation sites (N-methyl/N-ethyl adjacent to an activating group) is 1. The van der Waals surface area contributed by atoms with Crippen molar-refractivity contribution in [1.29, 1.82) is 0 Å². The number of nitrogens with zero attached hydrogens (tertiary/aromatic N) is 1. The summed E-state index contributed by atoms with van der Waals surface area (Å²) in [5.74, 6) is -2.07. The van der Waals surface area contributed by atoms with Crippen LogP contribution in [0.5, 0.6) is 0 Å². The zero-order chi connectivity index (χ0) is 24.7. The second-order valence-electron chi connectivity index (χ2n) is 8.29. The third kappa shape index (κ3) is 13.5. The first-order valence-corrected chi connectivity index (χ1v) is 10.6. The highest BCUT2D eigenvalue weighted by Gasteiger charge is 2.24. The van der Waals surface area contributed by atoms with E-state index in [0.29, 0.717) is 0 Å². The number of hydrogen-bond acceptors (Lipinski definition) is 5. The highest BCUT2D eigenvalue weighted by atomic mass is 79.9. The molecule has 0 aliphatic heterocycles. The van der Waals surface area contributed by atoms with Crippen molar-refractivity contribution in [2.24, 2.45) is 0 Å². The molecule has 0 radical (unpaired) electrons. The van der Waals surface area contributed by atoms with E-state index in [-0.39, 0.29) is 42.5 Å². The SMILES string of the molecule is C[N+](C)(C)C(CO)c1ccccc1.O=C([O-])Cc1ccccc1.O=C([O-])Cc1ccccc1.[Br-]. The maximum atomic E-state index is 10.1. The van der Waals surface area contributed by atoms with Gasteiger partial charge in [-0.25, -0.2) is 0 Å². The number of hydrogen-bond donors (Lipinski definition) is 1. The number of aliphatic carboxylic acids is 2. The lowest BCUT2D eigenvalue weighted by atomic mass is 10.1. The van der Waals surface area contributed by atoms with Gasteiger partial charge < -0.3 is 46.4 Å². The average Bonchev–Trinajstić information content (AvgIpc) is 2.75. The van der Waals surface area contributed by atoms with Gasteiger partial charge in [0, 0.05) is 30.3 Å². The molecule has 3 aromatic carbocycles. The first-order chi connectivity index (χ1) is 15.6. The van der Waals surface area contributed by atoms with Gasteiger partial charge in [0.25, 0.3) is 0 Å². The minimum absolute atomic E-state index is 0. The Kier molecular flexibility index (Phi) is 15.1. The van der Waals surface area contributed by atoms with Crippen LogP contribution < -0.4 is 27.2 Å². The molecule has 3 rings (SSSR count). The molecule has 1 atom stereocenters. The second-order valence-corrected chi connectivity index (χ2v) is 8.29. The number of carbonyl (C=O) groups excluding carboxylic acids is 2. The van der Waals surface area contributed by atoms with Crippen LogP contribution in [0.25, 0.3) is 0 Å². The van der Waals surface area contributed by atoms with E-state index in [0.717, 1.165) is 15.6 Å². The molecule has 0 bridgehead atoms. The van der Waals surface area contributed by atoms with E-state index in [4.69, 9.17) is 0 Å². The lowest BCUT2D eigenvalue weighted by molar-refractivity contribution is -0.902. The molecule has 0 aromatic heterocycles. The summed E-state index contributed by atoms with van der Waals surface area (Å²) in [6.45, 7) is 0.188. The van der Waals surface area contributed by atoms with Crippen LogP contribution in [0.1, 0.15) is 22.7 Å². The Hall–Kier alpha value is -3.00. The van der Waals surface area contributed by atoms with Gasteiger partial charge in [-0.15, -0.1) is 0 Å². The van der Waals surface area contributed by atoms with E-state index in [1.807, 2.05) is 30.3 Å². The lowest BCUT2D eigenvalue weighted by Crippen LogP contribution is -3.00. The molecule has 0 fully saturated rings. The number of carbonyl (C=O) groups is 2. The fraction of sp³-hybridized carbons (Fsp3) is 0.259. The van der Waals surface area contributed by atoms with Gasteiger partial charge in [0.1, 0.15) is 6.04 Å². The van der Waals surface area contributed by atoms with Crippen LogP contribution in [-0.2, 0) is 22.4 Å². The van der Waals surface area contributed by atoms with Gasteiger partial charge in [-0.2, -0.15) is 0 Å². The van der Waals surface area contributed by atoms with Gasteiger partial charge >= 0.3 is 0 Å². The zero-order valence-electron chi connectivity index (χ0n) is 19.8. The third-order valence-electron chi connectivity index (χ3n) is 4.67. The summed E-state index contributed by atoms with van der Waals surface area (Å²) >= 11 is 0. The van der Waals surface area contributed by atoms with Crippen molar-refractivity contribution >= 4 is 11.9 Å². The summed E-state index contributed by atoms with van der Waals surface area (Å²) in [4.78, 5) is 20.1. The van der Waals surface area contributed by atoms with E-state index < -0.39 is 11.9 Å². The van der Waals surface area contributed by atoms with Gasteiger partial charge in [0.15, 0.2) is 0 Å². The molecule has 1 N–H and O–H groups in total. The molecule has 0 aliphatic rings. The van der Waals surface area contributed by atoms with Crippen molar-refractivity contribution < 1.29 is 46.4 Å². The third-order valence-corrected chi connectivity index (χ3v) is 4.67. The average molecular weight is 530 g/mol. The van der Waals surface area contributed by atoms with Gasteiger partial charge in [-0.3, -0.25) is 0 Å². The molecule has 184 valence electrons. The Balaban J connectivity index is 0.000000479. The Morgan fingerprint density at radius 1 is 0.706 bits per heavy atom. The van der Waals surface area contributed by atoms with Crippen molar-refractivity contribution in [3.63, 3.8) is 0 Å². The van der Waals surface area contributed by atoms with E-state index >= 15 is 0 Å². The topological polar surface area (TPSA) is 100 Å². The number of carboxylic acid groups (broad SMARTS) is 2. The van der Waals surface area contributed by atoms with E-state index in [2.05, 4.69) is 33.3 Å². The minimum atomic E-state index is -1.04. The van der Waals surface area contributed by atoms with Gasteiger partial charge in [0.2, 0.25) is 0 Å². The first kappa shape index (κ1) is 31.0. The minimum Gasteiger partial charge on any atom is -1.00 e. The second kappa shape index (κ2) is 16.6. The molecule has 1 unspecified atom stereocenters. The normalized spacial score (nSPS) is 10.8. The van der Waals surface area contributed by atoms with Crippen molar-refractivity contribution in [3.05, 3.63) is 108 Å². The van der Waals surface area contributed by atoms with Crippen LogP contribution in [-0.4, -0.2) is 49.3 Å². The van der Waals surface area contributed by atoms with Gasteiger partial charge in [-0.05, 0) is 11.1 Å². The summed E-state index contributed by atoms with van der Waals surface area (Å²) in [6.07, 6.45) is 0.00167. The molecular weight excluding hydrogens is 498 g/mol. The number of aliphatic hydroxyl groups excluding tert-OH is 1. The van der Waals surface area contributed by atoms with Crippen molar-refractivity contribution in [2.75, 3.05) is 27.7 Å². The fourth-order valence-corrected chi connectivity index (χ4v) is 3.00. The molecule has 0 saturated heterocycles. The Bertz CT molecular complexity index is 894. The summed E-state index contributed by atoms with van der Waals surface area (Å²) in [5, 5.41) is 29.4. The molecule has 0 amide bonds. The summed E-state index contributed by atoms with van der Waals surface area (Å²) in [6, 6.07) is 28.2. The molecule has 3 aromatic rings. The molecule has 0 spiro atoms. The molecule has 7 heteroatoms. The molecule has 0 aliphatic carbocycles. The van der Waals surface area contributed by atoms with E-state index in [1.165, 1.54) is 5.56 Å². The van der Waals surface area contributed by atoms with Gasteiger partial charge in [0.05, 0.1) is 27.7 Å². The summed E-state index contributed by atoms with van der Waals surface area (Å²) in [7, 11) is 6.27. The summed E-state index contributed by atoms with van der Waals surface area (Å²) < 4.78 is 0.751. The lowest BCUT2D eigenvalue weighted by Gasteiger charge is -2.33. The summed E-state index contributed by atoms with van der Waals surface area (Å²) in [5.41, 5.74) is 2.75. The van der Waals surface area contributed by atoms with Crippen LogP contribution in [0.3, 0.4) is 0 Å². The van der Waals surface area contributed by atoms with E-state index in [9.17, 15) is 24.9 Å². The number of quaternary nitrogens is 1. The van der Waals surface area contributed by atoms with Crippen molar-refractivity contribution in [3.8, 4) is 0 Å². The molecule has 34 heavy (non-hydrogen) atoms. The number of halogens is 1. The van der Waals surface area contributed by atoms with Crippen LogP contribution in [0.2, 0.25) is 0 Å². The highest BCUT2D eigenvalue weighted by Crippen LogP contribution is 2.21. The largest absolute Gasteiger partial charge is 1.00 e. The highest BCUT2D eigenvalue weighted by molar-refractivity contribution is 5.68. The Labute approximate surface area is 212 Å². The standard InChI is InChI=1S/C11H18NO.2C8H8O2.BrH/c1-12(2,3)11(9-13)10-7-5-4-6-8-10;2*9-8(10)6-7-4-2-1-3-5-7;/h4-8,11,13H,9H2,1-3H3;2*1-5H,6H2,(H,9,10);1H/q+1;;;/p-3. The number of carboxylic acids is 2. The first-order valence-electron chi connectivity index (χ1n) is 10.6. The van der Waals surface area contributed by atoms with Crippen LogP contribution in [0.4, 0.5) is 0 Å². The zero-order valence-corrected chi connectivity index (χ0v) is 21.4.